The van der Waals surface area contributed by atoms with Crippen LogP contribution in [0.15, 0.2) is 0 Å². The van der Waals surface area contributed by atoms with Crippen molar-refractivity contribution in [3.05, 3.63) is 0 Å². The second-order valence-electron chi connectivity index (χ2n) is 2.99. The quantitative estimate of drug-likeness (QED) is 0.578. The van der Waals surface area contributed by atoms with Crippen molar-refractivity contribution < 1.29 is 9.53 Å². The number of hydrogen-bond donors (Lipinski definition) is 0. The second-order valence-corrected chi connectivity index (χ2v) is 6.97. The van der Waals surface area contributed by atoms with Gasteiger partial charge >= 0.3 is 6.09 Å². The second kappa shape index (κ2) is 2.34. The smallest absolute Gasteiger partial charge is 0.418 e. The highest BCUT2D eigenvalue weighted by atomic mass is 32.3. The maximum absolute atomic E-state index is 10.9. The molecule has 1 rings (SSSR count). The Morgan fingerprint density at radius 1 is 1.50 bits per heavy atom. The molecular formula is C6H13NO2S. The molecule has 0 atom stereocenters. The Morgan fingerprint density at radius 2 is 2.10 bits per heavy atom. The molecule has 0 aromatic rings. The van der Waals surface area contributed by atoms with Crippen LogP contribution in [0.3, 0.4) is 0 Å². The molecule has 0 bridgehead atoms. The Kier molecular flexibility index (Phi) is 1.81. The molecule has 1 fully saturated rings. The Bertz CT molecular complexity index is 152. The van der Waals surface area contributed by atoms with Crippen molar-refractivity contribution in [1.29, 1.82) is 0 Å². The minimum atomic E-state index is -0.893. The van der Waals surface area contributed by atoms with Gasteiger partial charge < -0.3 is 4.74 Å². The van der Waals surface area contributed by atoms with Crippen LogP contribution in [0, 0.1) is 0 Å². The number of carbonyl (C=O) groups excluding carboxylic acids is 1. The third-order valence-electron chi connectivity index (χ3n) is 1.38. The van der Waals surface area contributed by atoms with Gasteiger partial charge in [0.2, 0.25) is 0 Å². The summed E-state index contributed by atoms with van der Waals surface area (Å²) in [6, 6.07) is 0. The van der Waals surface area contributed by atoms with Gasteiger partial charge in [0, 0.05) is 0 Å². The number of nitrogens with zero attached hydrogens (tertiary/aromatic N) is 1. The van der Waals surface area contributed by atoms with Gasteiger partial charge in [-0.2, -0.15) is 10.2 Å². The number of carbonyl (C=O) groups is 1. The Hall–Kier alpha value is -0.380. The molecule has 1 amide bonds. The van der Waals surface area contributed by atoms with Gasteiger partial charge in [-0.15, -0.1) is 0 Å². The van der Waals surface area contributed by atoms with Gasteiger partial charge in [0.1, 0.15) is 6.61 Å². The van der Waals surface area contributed by atoms with Crippen LogP contribution >= 0.6 is 10.2 Å². The lowest BCUT2D eigenvalue weighted by molar-refractivity contribution is 0.170. The SMILES string of the molecule is CS(C)(C)N1CCOC1=O. The van der Waals surface area contributed by atoms with Gasteiger partial charge in [0.25, 0.3) is 0 Å². The van der Waals surface area contributed by atoms with E-state index >= 15 is 0 Å². The predicted molar refractivity (Wildman–Crippen MR) is 43.4 cm³/mol. The summed E-state index contributed by atoms with van der Waals surface area (Å²) >= 11 is 0. The molecule has 1 aliphatic heterocycles. The van der Waals surface area contributed by atoms with E-state index < -0.39 is 10.2 Å². The van der Waals surface area contributed by atoms with Crippen molar-refractivity contribution in [2.75, 3.05) is 31.9 Å². The van der Waals surface area contributed by atoms with E-state index in [0.29, 0.717) is 6.61 Å². The first-order chi connectivity index (χ1) is 4.52. The van der Waals surface area contributed by atoms with Crippen LogP contribution in [0.4, 0.5) is 4.79 Å². The highest BCUT2D eigenvalue weighted by molar-refractivity contribution is 8.30. The van der Waals surface area contributed by atoms with Crippen molar-refractivity contribution in [1.82, 2.24) is 4.31 Å². The van der Waals surface area contributed by atoms with Gasteiger partial charge in [0.15, 0.2) is 0 Å². The fourth-order valence-electron chi connectivity index (χ4n) is 0.877. The van der Waals surface area contributed by atoms with Crippen molar-refractivity contribution in [3.8, 4) is 0 Å². The van der Waals surface area contributed by atoms with Crippen molar-refractivity contribution in [3.63, 3.8) is 0 Å². The zero-order chi connectivity index (χ0) is 7.78. The third kappa shape index (κ3) is 1.37. The van der Waals surface area contributed by atoms with E-state index in [0.717, 1.165) is 6.54 Å². The average Bonchev–Trinajstić information content (AvgIpc) is 2.11. The highest BCUT2D eigenvalue weighted by Gasteiger charge is 2.28. The summed E-state index contributed by atoms with van der Waals surface area (Å²) in [6.45, 7) is 1.32. The van der Waals surface area contributed by atoms with Crippen molar-refractivity contribution in [2.45, 2.75) is 0 Å². The maximum atomic E-state index is 10.9. The normalized spacial score (nSPS) is 21.1. The van der Waals surface area contributed by atoms with Crippen molar-refractivity contribution in [2.24, 2.45) is 0 Å². The van der Waals surface area contributed by atoms with E-state index in [-0.39, 0.29) is 6.09 Å². The zero-order valence-corrected chi connectivity index (χ0v) is 7.40. The predicted octanol–water partition coefficient (Wildman–Crippen LogP) is 1.05. The van der Waals surface area contributed by atoms with Crippen molar-refractivity contribution >= 4 is 16.3 Å². The molecule has 0 unspecified atom stereocenters. The molecule has 1 saturated heterocycles. The van der Waals surface area contributed by atoms with Crippen LogP contribution in [0.25, 0.3) is 0 Å². The number of cyclic esters (lactones) is 1. The van der Waals surface area contributed by atoms with E-state index in [1.165, 1.54) is 0 Å². The van der Waals surface area contributed by atoms with Gasteiger partial charge in [0.05, 0.1) is 6.54 Å². The largest absolute Gasteiger partial charge is 0.447 e. The minimum absolute atomic E-state index is 0.150. The van der Waals surface area contributed by atoms with E-state index in [1.807, 2.05) is 4.31 Å². The van der Waals surface area contributed by atoms with Crippen LogP contribution in [0.5, 0.6) is 0 Å². The molecule has 0 aliphatic carbocycles. The molecule has 1 aliphatic rings. The third-order valence-corrected chi connectivity index (χ3v) is 3.04. The lowest BCUT2D eigenvalue weighted by Gasteiger charge is -2.34. The molecule has 1 heterocycles. The van der Waals surface area contributed by atoms with Crippen LogP contribution in [-0.4, -0.2) is 42.3 Å². The zero-order valence-electron chi connectivity index (χ0n) is 6.59. The number of rotatable bonds is 1. The molecule has 60 valence electrons. The Morgan fingerprint density at radius 3 is 2.30 bits per heavy atom. The van der Waals surface area contributed by atoms with Gasteiger partial charge in [-0.25, -0.2) is 4.79 Å². The fourth-order valence-corrected chi connectivity index (χ4v) is 2.00. The summed E-state index contributed by atoms with van der Waals surface area (Å²) in [4.78, 5) is 10.9. The van der Waals surface area contributed by atoms with Crippen LogP contribution < -0.4 is 0 Å². The molecule has 3 nitrogen and oxygen atoms in total. The monoisotopic (exact) mass is 163 g/mol. The summed E-state index contributed by atoms with van der Waals surface area (Å²) in [5.41, 5.74) is 0. The molecule has 0 saturated carbocycles. The molecular weight excluding hydrogens is 150 g/mol. The number of amides is 1. The van der Waals surface area contributed by atoms with Gasteiger partial charge in [-0.1, -0.05) is 0 Å². The first-order valence-electron chi connectivity index (χ1n) is 3.14. The molecule has 0 aromatic heterocycles. The molecule has 4 heteroatoms. The van der Waals surface area contributed by atoms with Gasteiger partial charge in [-0.05, 0) is 18.8 Å². The summed E-state index contributed by atoms with van der Waals surface area (Å²) in [7, 11) is -0.893. The van der Waals surface area contributed by atoms with Crippen LogP contribution in [0.1, 0.15) is 0 Å². The Labute approximate surface area is 62.8 Å². The molecule has 10 heavy (non-hydrogen) atoms. The summed E-state index contributed by atoms with van der Waals surface area (Å²) in [5, 5.41) is 0. The molecule has 0 N–H and O–H groups in total. The lowest BCUT2D eigenvalue weighted by Crippen LogP contribution is -2.26. The first-order valence-corrected chi connectivity index (χ1v) is 5.96. The molecule has 0 radical (unpaired) electrons. The molecule has 0 aromatic carbocycles. The van der Waals surface area contributed by atoms with Crippen LogP contribution in [0.2, 0.25) is 0 Å². The fraction of sp³-hybridized carbons (Fsp3) is 0.833. The summed E-state index contributed by atoms with van der Waals surface area (Å²) in [6.07, 6.45) is 6.10. The van der Waals surface area contributed by atoms with E-state index in [1.54, 1.807) is 0 Å². The minimum Gasteiger partial charge on any atom is -0.447 e. The van der Waals surface area contributed by atoms with E-state index in [9.17, 15) is 4.79 Å². The summed E-state index contributed by atoms with van der Waals surface area (Å²) < 4.78 is 6.61. The lowest BCUT2D eigenvalue weighted by atomic mass is 10.7. The highest BCUT2D eigenvalue weighted by Crippen LogP contribution is 2.41. The number of ether oxygens (including phenoxy) is 1. The van der Waals surface area contributed by atoms with Crippen LogP contribution in [-0.2, 0) is 4.74 Å². The number of hydrogen-bond acceptors (Lipinski definition) is 2. The molecule has 0 spiro atoms. The van der Waals surface area contributed by atoms with E-state index in [2.05, 4.69) is 18.8 Å². The Balaban J connectivity index is 2.64. The maximum Gasteiger partial charge on any atom is 0.418 e. The van der Waals surface area contributed by atoms with E-state index in [4.69, 9.17) is 4.74 Å². The summed E-state index contributed by atoms with van der Waals surface area (Å²) in [5.74, 6) is 0. The average molecular weight is 163 g/mol. The standard InChI is InChI=1S/C6H13NO2S/c1-10(2,3)7-4-5-9-6(7)8/h4-5H2,1-3H3. The van der Waals surface area contributed by atoms with Gasteiger partial charge in [-0.3, -0.25) is 4.31 Å². The first kappa shape index (κ1) is 7.72. The topological polar surface area (TPSA) is 29.5 Å².